The van der Waals surface area contributed by atoms with Gasteiger partial charge in [-0.15, -0.1) is 0 Å². The molecular weight excluding hydrogens is 488 g/mol. The summed E-state index contributed by atoms with van der Waals surface area (Å²) in [5.41, 5.74) is 3.11. The molecule has 35 heavy (non-hydrogen) atoms. The number of rotatable bonds is 5. The average molecular weight is 511 g/mol. The Hall–Kier alpha value is -3.54. The number of anilines is 2. The van der Waals surface area contributed by atoms with Gasteiger partial charge in [0.15, 0.2) is 5.82 Å². The summed E-state index contributed by atoms with van der Waals surface area (Å²) in [6, 6.07) is 18.4. The minimum atomic E-state index is -3.93. The third-order valence-corrected chi connectivity index (χ3v) is 8.75. The van der Waals surface area contributed by atoms with Crippen molar-refractivity contribution in [3.05, 3.63) is 78.5 Å². The lowest BCUT2D eigenvalue weighted by atomic mass is 10.1. The maximum absolute atomic E-state index is 13.0. The summed E-state index contributed by atoms with van der Waals surface area (Å²) in [6.07, 6.45) is 1.74. The number of para-hydroxylation sites is 1. The van der Waals surface area contributed by atoms with Gasteiger partial charge in [-0.25, -0.2) is 31.1 Å². The maximum Gasteiger partial charge on any atom is 0.261 e. The minimum absolute atomic E-state index is 0.000607. The van der Waals surface area contributed by atoms with Crippen molar-refractivity contribution >= 4 is 42.3 Å². The van der Waals surface area contributed by atoms with E-state index < -0.39 is 20.0 Å². The van der Waals surface area contributed by atoms with Crippen LogP contribution in [0.25, 0.3) is 22.3 Å². The molecule has 1 fully saturated rings. The van der Waals surface area contributed by atoms with E-state index in [9.17, 15) is 16.8 Å². The first-order chi connectivity index (χ1) is 16.7. The molecule has 1 aliphatic rings. The summed E-state index contributed by atoms with van der Waals surface area (Å²) in [5.74, 6) is 0.377. The van der Waals surface area contributed by atoms with Crippen molar-refractivity contribution in [2.24, 2.45) is 0 Å². The van der Waals surface area contributed by atoms with Crippen LogP contribution in [-0.4, -0.2) is 45.9 Å². The van der Waals surface area contributed by atoms with Crippen LogP contribution in [-0.2, 0) is 24.8 Å². The van der Waals surface area contributed by atoms with E-state index in [1.165, 1.54) is 24.3 Å². The first-order valence-corrected chi connectivity index (χ1v) is 13.9. The SMILES string of the molecule is Cc1ccc(NS(=O)(=O)c2ccc(N3COCCS3(=O)=O)cc2)cc1-c1ncc2ccccc2n1. The molecule has 2 heterocycles. The molecule has 180 valence electrons. The number of fused-ring (bicyclic) bond motifs is 1. The molecule has 9 nitrogen and oxygen atoms in total. The van der Waals surface area contributed by atoms with E-state index in [0.29, 0.717) is 22.8 Å². The number of benzene rings is 3. The molecule has 0 unspecified atom stereocenters. The fourth-order valence-corrected chi connectivity index (χ4v) is 6.05. The number of nitrogens with zero attached hydrogens (tertiary/aromatic N) is 3. The second-order valence-corrected chi connectivity index (χ2v) is 11.8. The van der Waals surface area contributed by atoms with Gasteiger partial charge in [-0.3, -0.25) is 4.72 Å². The highest BCUT2D eigenvalue weighted by Crippen LogP contribution is 2.28. The van der Waals surface area contributed by atoms with Crippen molar-refractivity contribution in [1.82, 2.24) is 9.97 Å². The third-order valence-electron chi connectivity index (χ3n) is 5.68. The normalized spacial score (nSPS) is 15.7. The highest BCUT2D eigenvalue weighted by molar-refractivity contribution is 7.93. The fraction of sp³-hybridized carbons (Fsp3) is 0.167. The first kappa shape index (κ1) is 23.2. The number of nitrogens with one attached hydrogen (secondary N) is 1. The first-order valence-electron chi connectivity index (χ1n) is 10.8. The number of hydrogen-bond donors (Lipinski definition) is 1. The standard InChI is InChI=1S/C24H22N4O5S2/c1-17-6-7-19(14-22(17)24-25-15-18-4-2-3-5-23(18)26-24)27-35(31,32)21-10-8-20(9-11-21)28-16-33-12-13-34(28,29)30/h2-11,14-15,27H,12-13,16H2,1H3. The Balaban J connectivity index is 1.41. The van der Waals surface area contributed by atoms with Crippen molar-refractivity contribution in [1.29, 1.82) is 0 Å². The largest absolute Gasteiger partial charge is 0.359 e. The van der Waals surface area contributed by atoms with Crippen LogP contribution in [0.15, 0.2) is 77.8 Å². The van der Waals surface area contributed by atoms with Crippen LogP contribution in [0.3, 0.4) is 0 Å². The van der Waals surface area contributed by atoms with Crippen LogP contribution in [0.5, 0.6) is 0 Å². The smallest absolute Gasteiger partial charge is 0.261 e. The number of aryl methyl sites for hydroxylation is 1. The van der Waals surface area contributed by atoms with Crippen LogP contribution < -0.4 is 9.03 Å². The second-order valence-electron chi connectivity index (χ2n) is 8.08. The summed E-state index contributed by atoms with van der Waals surface area (Å²) >= 11 is 0. The predicted octanol–water partition coefficient (Wildman–Crippen LogP) is 3.53. The van der Waals surface area contributed by atoms with Crippen molar-refractivity contribution < 1.29 is 21.6 Å². The maximum atomic E-state index is 13.0. The zero-order valence-electron chi connectivity index (χ0n) is 18.7. The Kier molecular flexibility index (Phi) is 5.91. The molecule has 0 saturated carbocycles. The van der Waals surface area contributed by atoms with E-state index in [0.717, 1.165) is 20.8 Å². The van der Waals surface area contributed by atoms with Crippen LogP contribution in [0.4, 0.5) is 11.4 Å². The molecule has 0 bridgehead atoms. The van der Waals surface area contributed by atoms with E-state index >= 15 is 0 Å². The number of ether oxygens (including phenoxy) is 1. The molecule has 0 radical (unpaired) electrons. The molecule has 1 saturated heterocycles. The Morgan fingerprint density at radius 3 is 2.57 bits per heavy atom. The zero-order valence-corrected chi connectivity index (χ0v) is 20.4. The molecule has 4 aromatic rings. The Morgan fingerprint density at radius 2 is 1.80 bits per heavy atom. The van der Waals surface area contributed by atoms with Gasteiger partial charge in [-0.1, -0.05) is 24.3 Å². The van der Waals surface area contributed by atoms with E-state index in [1.54, 1.807) is 24.4 Å². The lowest BCUT2D eigenvalue weighted by molar-refractivity contribution is 0.149. The lowest BCUT2D eigenvalue weighted by Gasteiger charge is -2.28. The molecule has 0 atom stereocenters. The molecule has 1 aromatic heterocycles. The van der Waals surface area contributed by atoms with Gasteiger partial charge in [0.05, 0.1) is 28.5 Å². The summed E-state index contributed by atoms with van der Waals surface area (Å²) in [7, 11) is -7.42. The highest BCUT2D eigenvalue weighted by atomic mass is 32.2. The molecular formula is C24H22N4O5S2. The summed E-state index contributed by atoms with van der Waals surface area (Å²) < 4.78 is 59.5. The molecule has 5 rings (SSSR count). The topological polar surface area (TPSA) is 119 Å². The third kappa shape index (κ3) is 4.70. The van der Waals surface area contributed by atoms with Gasteiger partial charge in [0.1, 0.15) is 6.73 Å². The molecule has 0 amide bonds. The quantitative estimate of drug-likeness (QED) is 0.436. The molecule has 3 aromatic carbocycles. The van der Waals surface area contributed by atoms with E-state index in [2.05, 4.69) is 14.7 Å². The molecule has 1 N–H and O–H groups in total. The van der Waals surface area contributed by atoms with Crippen LogP contribution in [0, 0.1) is 6.92 Å². The van der Waals surface area contributed by atoms with Gasteiger partial charge in [0.25, 0.3) is 10.0 Å². The second kappa shape index (κ2) is 8.91. The number of aromatic nitrogens is 2. The van der Waals surface area contributed by atoms with Gasteiger partial charge in [0.2, 0.25) is 10.0 Å². The van der Waals surface area contributed by atoms with E-state index in [1.807, 2.05) is 31.2 Å². The predicted molar refractivity (Wildman–Crippen MR) is 134 cm³/mol. The monoisotopic (exact) mass is 510 g/mol. The number of sulfonamides is 2. The van der Waals surface area contributed by atoms with Crippen LogP contribution in [0.1, 0.15) is 5.56 Å². The average Bonchev–Trinajstić information content (AvgIpc) is 2.84. The molecule has 1 aliphatic heterocycles. The minimum Gasteiger partial charge on any atom is -0.359 e. The van der Waals surface area contributed by atoms with Crippen molar-refractivity contribution in [2.45, 2.75) is 11.8 Å². The van der Waals surface area contributed by atoms with Gasteiger partial charge < -0.3 is 4.74 Å². The van der Waals surface area contributed by atoms with Crippen LogP contribution in [0.2, 0.25) is 0 Å². The van der Waals surface area contributed by atoms with Crippen molar-refractivity contribution in [2.75, 3.05) is 28.1 Å². The molecule has 0 aliphatic carbocycles. The summed E-state index contributed by atoms with van der Waals surface area (Å²) in [5, 5.41) is 0.915. The Morgan fingerprint density at radius 1 is 1.03 bits per heavy atom. The highest BCUT2D eigenvalue weighted by Gasteiger charge is 2.27. The van der Waals surface area contributed by atoms with Crippen molar-refractivity contribution in [3.63, 3.8) is 0 Å². The van der Waals surface area contributed by atoms with Gasteiger partial charge in [-0.05, 0) is 55.0 Å². The summed E-state index contributed by atoms with van der Waals surface area (Å²) in [6.45, 7) is 1.94. The molecule has 11 heteroatoms. The van der Waals surface area contributed by atoms with Gasteiger partial charge >= 0.3 is 0 Å². The Bertz CT molecular complexity index is 1620. The van der Waals surface area contributed by atoms with Gasteiger partial charge in [-0.2, -0.15) is 0 Å². The number of hydrogen-bond acceptors (Lipinski definition) is 7. The fourth-order valence-electron chi connectivity index (χ4n) is 3.77. The van der Waals surface area contributed by atoms with Gasteiger partial charge in [0, 0.05) is 22.8 Å². The lowest BCUT2D eigenvalue weighted by Crippen LogP contribution is -2.41. The van der Waals surface area contributed by atoms with E-state index in [4.69, 9.17) is 4.74 Å². The van der Waals surface area contributed by atoms with E-state index in [-0.39, 0.29) is 24.0 Å². The molecule has 0 spiro atoms. The van der Waals surface area contributed by atoms with Crippen molar-refractivity contribution in [3.8, 4) is 11.4 Å². The summed E-state index contributed by atoms with van der Waals surface area (Å²) in [4.78, 5) is 9.06. The van der Waals surface area contributed by atoms with Crippen LogP contribution >= 0.6 is 0 Å². The Labute approximate surface area is 203 Å². The zero-order chi connectivity index (χ0) is 24.6.